The number of hydrogen-bond acceptors (Lipinski definition) is 4. The molecule has 2 heterocycles. The molecule has 106 valence electrons. The molecule has 5 heteroatoms. The van der Waals surface area contributed by atoms with Crippen LogP contribution in [0.1, 0.15) is 37.1 Å². The Bertz CT molecular complexity index is 375. The van der Waals surface area contributed by atoms with Crippen molar-refractivity contribution in [1.29, 1.82) is 0 Å². The first-order valence-electron chi connectivity index (χ1n) is 6.94. The van der Waals surface area contributed by atoms with Crippen LogP contribution >= 0.6 is 11.3 Å². The molecule has 0 radical (unpaired) electrons. The van der Waals surface area contributed by atoms with Crippen LogP contribution in [0.2, 0.25) is 0 Å². The van der Waals surface area contributed by atoms with Crippen molar-refractivity contribution in [3.8, 4) is 0 Å². The van der Waals surface area contributed by atoms with Crippen LogP contribution in [0.15, 0.2) is 17.5 Å². The summed E-state index contributed by atoms with van der Waals surface area (Å²) in [6.45, 7) is 4.23. The summed E-state index contributed by atoms with van der Waals surface area (Å²) in [6.07, 6.45) is 3.12. The third-order valence-corrected chi connectivity index (χ3v) is 4.35. The van der Waals surface area contributed by atoms with Crippen LogP contribution < -0.4 is 10.6 Å². The largest absolute Gasteiger partial charge is 0.368 e. The summed E-state index contributed by atoms with van der Waals surface area (Å²) in [4.78, 5) is 13.1. The number of rotatable bonds is 6. The van der Waals surface area contributed by atoms with Crippen molar-refractivity contribution in [1.82, 2.24) is 10.6 Å². The zero-order valence-corrected chi connectivity index (χ0v) is 12.2. The van der Waals surface area contributed by atoms with Gasteiger partial charge in [-0.05, 0) is 43.8 Å². The normalized spacial score (nSPS) is 18.2. The van der Waals surface area contributed by atoms with Gasteiger partial charge in [0.25, 0.3) is 0 Å². The Morgan fingerprint density at radius 3 is 3.00 bits per heavy atom. The second kappa shape index (κ2) is 7.62. The Kier molecular flexibility index (Phi) is 5.82. The van der Waals surface area contributed by atoms with Gasteiger partial charge in [0.05, 0.1) is 12.1 Å². The van der Waals surface area contributed by atoms with Crippen LogP contribution in [0.3, 0.4) is 0 Å². The monoisotopic (exact) mass is 282 g/mol. The maximum absolute atomic E-state index is 11.9. The summed E-state index contributed by atoms with van der Waals surface area (Å²) >= 11 is 1.68. The third-order valence-electron chi connectivity index (χ3n) is 3.37. The number of ether oxygens (including phenoxy) is 1. The van der Waals surface area contributed by atoms with Crippen molar-refractivity contribution < 1.29 is 9.53 Å². The number of thiophene rings is 1. The van der Waals surface area contributed by atoms with E-state index in [9.17, 15) is 4.79 Å². The lowest BCUT2D eigenvalue weighted by Gasteiger charge is -2.23. The molecule has 1 aliphatic rings. The van der Waals surface area contributed by atoms with Gasteiger partial charge < -0.3 is 15.4 Å². The summed E-state index contributed by atoms with van der Waals surface area (Å²) in [6, 6.07) is 4.19. The molecule has 1 fully saturated rings. The minimum absolute atomic E-state index is 0.0150. The van der Waals surface area contributed by atoms with Gasteiger partial charge in [-0.2, -0.15) is 0 Å². The highest BCUT2D eigenvalue weighted by Gasteiger charge is 2.17. The third kappa shape index (κ3) is 4.60. The van der Waals surface area contributed by atoms with Crippen molar-refractivity contribution in [2.45, 2.75) is 38.3 Å². The second-order valence-electron chi connectivity index (χ2n) is 4.80. The standard InChI is InChI=1S/C14H22N2O2S/c1-2-12(13-4-3-9-19-13)16-14(17)10-18-11-5-7-15-8-6-11/h3-4,9,11-12,15H,2,5-8,10H2,1H3,(H,16,17). The van der Waals surface area contributed by atoms with Crippen LogP contribution in [-0.2, 0) is 9.53 Å². The lowest BCUT2D eigenvalue weighted by Crippen LogP contribution is -2.36. The summed E-state index contributed by atoms with van der Waals surface area (Å²) in [5.74, 6) is -0.0150. The average Bonchev–Trinajstić information content (AvgIpc) is 2.97. The topological polar surface area (TPSA) is 50.4 Å². The molecular formula is C14H22N2O2S. The van der Waals surface area contributed by atoms with Crippen molar-refractivity contribution >= 4 is 17.2 Å². The molecule has 4 nitrogen and oxygen atoms in total. The Morgan fingerprint density at radius 2 is 2.37 bits per heavy atom. The smallest absolute Gasteiger partial charge is 0.246 e. The first kappa shape index (κ1) is 14.5. The molecule has 1 aliphatic heterocycles. The maximum Gasteiger partial charge on any atom is 0.246 e. The van der Waals surface area contributed by atoms with Crippen molar-refractivity contribution in [3.05, 3.63) is 22.4 Å². The Hall–Kier alpha value is -0.910. The number of piperidine rings is 1. The fourth-order valence-electron chi connectivity index (χ4n) is 2.26. The van der Waals surface area contributed by atoms with E-state index in [2.05, 4.69) is 23.6 Å². The fourth-order valence-corrected chi connectivity index (χ4v) is 3.12. The molecule has 1 saturated heterocycles. The number of hydrogen-bond donors (Lipinski definition) is 2. The second-order valence-corrected chi connectivity index (χ2v) is 5.78. The highest BCUT2D eigenvalue weighted by molar-refractivity contribution is 7.10. The first-order chi connectivity index (χ1) is 9.29. The number of amides is 1. The van der Waals surface area contributed by atoms with Gasteiger partial charge in [-0.3, -0.25) is 4.79 Å². The quantitative estimate of drug-likeness (QED) is 0.840. The van der Waals surface area contributed by atoms with Crippen LogP contribution in [0.4, 0.5) is 0 Å². The number of nitrogens with one attached hydrogen (secondary N) is 2. The van der Waals surface area contributed by atoms with E-state index >= 15 is 0 Å². The minimum atomic E-state index is -0.0150. The molecule has 2 N–H and O–H groups in total. The predicted octanol–water partition coefficient (Wildman–Crippen LogP) is 2.08. The van der Waals surface area contributed by atoms with Gasteiger partial charge in [-0.15, -0.1) is 11.3 Å². The van der Waals surface area contributed by atoms with Crippen LogP contribution in [-0.4, -0.2) is 31.7 Å². The molecule has 2 rings (SSSR count). The fraction of sp³-hybridized carbons (Fsp3) is 0.643. The molecule has 1 aromatic rings. The van der Waals surface area contributed by atoms with Gasteiger partial charge >= 0.3 is 0 Å². The first-order valence-corrected chi connectivity index (χ1v) is 7.82. The van der Waals surface area contributed by atoms with Gasteiger partial charge in [-0.1, -0.05) is 13.0 Å². The van der Waals surface area contributed by atoms with E-state index in [0.717, 1.165) is 32.4 Å². The van der Waals surface area contributed by atoms with Crippen LogP contribution in [0.25, 0.3) is 0 Å². The van der Waals surface area contributed by atoms with Crippen molar-refractivity contribution in [3.63, 3.8) is 0 Å². The lowest BCUT2D eigenvalue weighted by atomic mass is 10.1. The molecule has 1 unspecified atom stereocenters. The predicted molar refractivity (Wildman–Crippen MR) is 77.3 cm³/mol. The van der Waals surface area contributed by atoms with Gasteiger partial charge in [0, 0.05) is 4.88 Å². The summed E-state index contributed by atoms with van der Waals surface area (Å²) < 4.78 is 5.66. The van der Waals surface area contributed by atoms with Gasteiger partial charge in [0.15, 0.2) is 0 Å². The van der Waals surface area contributed by atoms with Gasteiger partial charge in [0.1, 0.15) is 6.61 Å². The summed E-state index contributed by atoms with van der Waals surface area (Å²) in [7, 11) is 0. The van der Waals surface area contributed by atoms with Crippen LogP contribution in [0.5, 0.6) is 0 Å². The van der Waals surface area contributed by atoms with E-state index < -0.39 is 0 Å². The summed E-state index contributed by atoms with van der Waals surface area (Å²) in [5.41, 5.74) is 0. The molecule has 1 aromatic heterocycles. The van der Waals surface area contributed by atoms with Gasteiger partial charge in [-0.25, -0.2) is 0 Å². The van der Waals surface area contributed by atoms with E-state index in [-0.39, 0.29) is 24.7 Å². The Labute approximate surface area is 118 Å². The van der Waals surface area contributed by atoms with Crippen LogP contribution in [0, 0.1) is 0 Å². The molecule has 0 spiro atoms. The molecule has 0 aromatic carbocycles. The molecule has 1 amide bonds. The van der Waals surface area contributed by atoms with Gasteiger partial charge in [0.2, 0.25) is 5.91 Å². The highest BCUT2D eigenvalue weighted by Crippen LogP contribution is 2.21. The van der Waals surface area contributed by atoms with E-state index in [1.807, 2.05) is 11.4 Å². The van der Waals surface area contributed by atoms with Crippen molar-refractivity contribution in [2.24, 2.45) is 0 Å². The minimum Gasteiger partial charge on any atom is -0.368 e. The van der Waals surface area contributed by atoms with E-state index in [4.69, 9.17) is 4.74 Å². The van der Waals surface area contributed by atoms with Crippen molar-refractivity contribution in [2.75, 3.05) is 19.7 Å². The Balaban J connectivity index is 1.73. The maximum atomic E-state index is 11.9. The van der Waals surface area contributed by atoms with E-state index in [1.165, 1.54) is 4.88 Å². The molecule has 0 aliphatic carbocycles. The zero-order chi connectivity index (χ0) is 13.5. The van der Waals surface area contributed by atoms with E-state index in [1.54, 1.807) is 11.3 Å². The zero-order valence-electron chi connectivity index (χ0n) is 11.4. The Morgan fingerprint density at radius 1 is 1.58 bits per heavy atom. The molecular weight excluding hydrogens is 260 g/mol. The molecule has 1 atom stereocenters. The number of carbonyl (C=O) groups is 1. The lowest BCUT2D eigenvalue weighted by molar-refractivity contribution is -0.129. The summed E-state index contributed by atoms with van der Waals surface area (Å²) in [5, 5.41) is 8.36. The highest BCUT2D eigenvalue weighted by atomic mass is 32.1. The molecule has 0 bridgehead atoms. The average molecular weight is 282 g/mol. The SMILES string of the molecule is CCC(NC(=O)COC1CCNCC1)c1cccs1. The van der Waals surface area contributed by atoms with E-state index in [0.29, 0.717) is 0 Å². The molecule has 0 saturated carbocycles. The molecule has 19 heavy (non-hydrogen) atoms. The number of carbonyl (C=O) groups excluding carboxylic acids is 1.